The lowest BCUT2D eigenvalue weighted by atomic mass is 10.1. The van der Waals surface area contributed by atoms with Crippen LogP contribution in [0.4, 0.5) is 23.8 Å². The third kappa shape index (κ3) is 5.40. The van der Waals surface area contributed by atoms with E-state index < -0.39 is 30.3 Å². The maximum absolute atomic E-state index is 13.3. The minimum atomic E-state index is -4.57. The lowest BCUT2D eigenvalue weighted by molar-refractivity contribution is -0.137. The summed E-state index contributed by atoms with van der Waals surface area (Å²) in [4.78, 5) is 30.7. The second-order valence-electron chi connectivity index (χ2n) is 7.62. The molecule has 0 aliphatic carbocycles. The van der Waals surface area contributed by atoms with E-state index in [2.05, 4.69) is 15.6 Å². The van der Waals surface area contributed by atoms with Crippen molar-refractivity contribution in [3.8, 4) is 0 Å². The highest BCUT2D eigenvalue weighted by molar-refractivity contribution is 6.02. The van der Waals surface area contributed by atoms with Gasteiger partial charge >= 0.3 is 12.3 Å². The highest BCUT2D eigenvalue weighted by atomic mass is 19.4. The number of carbonyl (C=O) groups excluding carboxylic acids is 2. The number of amides is 2. The molecule has 1 aromatic heterocycles. The first-order valence-electron chi connectivity index (χ1n) is 10.3. The molecule has 33 heavy (non-hydrogen) atoms. The topological polar surface area (TPSA) is 83.6 Å². The number of carbonyl (C=O) groups is 2. The molecule has 0 bridgehead atoms. The number of halogens is 3. The van der Waals surface area contributed by atoms with Crippen LogP contribution in [0.15, 0.2) is 60.8 Å². The van der Waals surface area contributed by atoms with Crippen LogP contribution in [0, 0.1) is 0 Å². The van der Waals surface area contributed by atoms with Crippen molar-refractivity contribution in [1.29, 1.82) is 0 Å². The Morgan fingerprint density at radius 3 is 2.55 bits per heavy atom. The largest absolute Gasteiger partial charge is 0.444 e. The standard InChI is InChI=1S/C23H21F3N4O3/c24-23(25,26)17-7-6-16-8-9-28-21(19(16)10-17)30(13-20(31)29-18-11-27-12-18)22(32)33-14-15-4-2-1-3-5-15/h1-10,18,27H,11-14H2,(H,29,31). The maximum atomic E-state index is 13.3. The van der Waals surface area contributed by atoms with Gasteiger partial charge in [-0.1, -0.05) is 36.4 Å². The first kappa shape index (κ1) is 22.5. The molecule has 0 unspecified atom stereocenters. The van der Waals surface area contributed by atoms with E-state index in [0.29, 0.717) is 18.5 Å². The first-order valence-corrected chi connectivity index (χ1v) is 10.3. The SMILES string of the molecule is O=C(CN(C(=O)OCc1ccccc1)c1nccc2ccc(C(F)(F)F)cc12)NC1CNC1. The maximum Gasteiger partial charge on any atom is 0.416 e. The number of fused-ring (bicyclic) bond motifs is 1. The summed E-state index contributed by atoms with van der Waals surface area (Å²) in [5, 5.41) is 6.32. The normalized spacial score (nSPS) is 13.9. The van der Waals surface area contributed by atoms with Gasteiger partial charge in [0.25, 0.3) is 0 Å². The van der Waals surface area contributed by atoms with E-state index in [4.69, 9.17) is 4.74 Å². The molecule has 1 saturated heterocycles. The molecule has 0 saturated carbocycles. The van der Waals surface area contributed by atoms with Crippen molar-refractivity contribution in [2.75, 3.05) is 24.5 Å². The van der Waals surface area contributed by atoms with Gasteiger partial charge in [0.05, 0.1) is 11.6 Å². The number of ether oxygens (including phenoxy) is 1. The second-order valence-corrected chi connectivity index (χ2v) is 7.62. The molecule has 4 rings (SSSR count). The van der Waals surface area contributed by atoms with Crippen molar-refractivity contribution in [2.45, 2.75) is 18.8 Å². The van der Waals surface area contributed by atoms with Crippen molar-refractivity contribution in [1.82, 2.24) is 15.6 Å². The first-order chi connectivity index (χ1) is 15.8. The Morgan fingerprint density at radius 2 is 1.88 bits per heavy atom. The Kier molecular flexibility index (Phi) is 6.45. The van der Waals surface area contributed by atoms with Gasteiger partial charge in [0.2, 0.25) is 5.91 Å². The summed E-state index contributed by atoms with van der Waals surface area (Å²) < 4.78 is 45.3. The Balaban J connectivity index is 1.66. The van der Waals surface area contributed by atoms with Gasteiger partial charge in [-0.2, -0.15) is 13.2 Å². The van der Waals surface area contributed by atoms with Crippen molar-refractivity contribution in [3.05, 3.63) is 71.9 Å². The lowest BCUT2D eigenvalue weighted by Gasteiger charge is -2.29. The Hall–Kier alpha value is -3.66. The van der Waals surface area contributed by atoms with Crippen LogP contribution in [0.3, 0.4) is 0 Å². The minimum Gasteiger partial charge on any atom is -0.444 e. The molecule has 0 atom stereocenters. The number of hydrogen-bond acceptors (Lipinski definition) is 5. The zero-order valence-corrected chi connectivity index (χ0v) is 17.4. The molecule has 2 N–H and O–H groups in total. The predicted octanol–water partition coefficient (Wildman–Crippen LogP) is 3.48. The fraction of sp³-hybridized carbons (Fsp3) is 0.261. The third-order valence-electron chi connectivity index (χ3n) is 5.20. The van der Waals surface area contributed by atoms with Gasteiger partial charge in [-0.25, -0.2) is 9.78 Å². The van der Waals surface area contributed by atoms with Crippen LogP contribution in [-0.4, -0.2) is 42.7 Å². The van der Waals surface area contributed by atoms with Crippen molar-refractivity contribution >= 4 is 28.6 Å². The van der Waals surface area contributed by atoms with Crippen LogP contribution in [0.5, 0.6) is 0 Å². The van der Waals surface area contributed by atoms with Gasteiger partial charge in [-0.05, 0) is 29.1 Å². The quantitative estimate of drug-likeness (QED) is 0.591. The number of pyridine rings is 1. The number of aromatic nitrogens is 1. The molecule has 7 nitrogen and oxygen atoms in total. The smallest absolute Gasteiger partial charge is 0.416 e. The summed E-state index contributed by atoms with van der Waals surface area (Å²) >= 11 is 0. The Labute approximate surface area is 187 Å². The average molecular weight is 458 g/mol. The summed E-state index contributed by atoms with van der Waals surface area (Å²) in [5.74, 6) is -0.553. The van der Waals surface area contributed by atoms with Crippen molar-refractivity contribution < 1.29 is 27.5 Å². The van der Waals surface area contributed by atoms with Crippen LogP contribution >= 0.6 is 0 Å². The zero-order chi connectivity index (χ0) is 23.4. The number of hydrogen-bond donors (Lipinski definition) is 2. The van der Waals surface area contributed by atoms with E-state index in [1.807, 2.05) is 6.07 Å². The van der Waals surface area contributed by atoms with Gasteiger partial charge < -0.3 is 15.4 Å². The third-order valence-corrected chi connectivity index (χ3v) is 5.20. The van der Waals surface area contributed by atoms with E-state index in [1.165, 1.54) is 18.3 Å². The zero-order valence-electron chi connectivity index (χ0n) is 17.4. The van der Waals surface area contributed by atoms with Gasteiger partial charge in [0.1, 0.15) is 19.0 Å². The highest BCUT2D eigenvalue weighted by Gasteiger charge is 2.32. The van der Waals surface area contributed by atoms with Crippen LogP contribution in [-0.2, 0) is 22.3 Å². The summed E-state index contributed by atoms with van der Waals surface area (Å²) in [5.41, 5.74) is -0.159. The number of nitrogens with one attached hydrogen (secondary N) is 2. The van der Waals surface area contributed by atoms with Crippen molar-refractivity contribution in [3.63, 3.8) is 0 Å². The molecule has 2 aromatic carbocycles. The van der Waals surface area contributed by atoms with E-state index in [-0.39, 0.29) is 23.9 Å². The monoisotopic (exact) mass is 458 g/mol. The fourth-order valence-corrected chi connectivity index (χ4v) is 3.38. The van der Waals surface area contributed by atoms with Gasteiger partial charge in [-0.3, -0.25) is 9.69 Å². The van der Waals surface area contributed by atoms with Crippen molar-refractivity contribution in [2.24, 2.45) is 0 Å². The average Bonchev–Trinajstić information content (AvgIpc) is 2.78. The minimum absolute atomic E-state index is 0.0666. The number of benzene rings is 2. The number of nitrogens with zero attached hydrogens (tertiary/aromatic N) is 2. The van der Waals surface area contributed by atoms with E-state index in [9.17, 15) is 22.8 Å². The summed E-state index contributed by atoms with van der Waals surface area (Å²) in [6, 6.07) is 13.6. The molecule has 3 aromatic rings. The predicted molar refractivity (Wildman–Crippen MR) is 116 cm³/mol. The van der Waals surface area contributed by atoms with E-state index in [0.717, 1.165) is 22.6 Å². The number of alkyl halides is 3. The van der Waals surface area contributed by atoms with Crippen LogP contribution < -0.4 is 15.5 Å². The Morgan fingerprint density at radius 1 is 1.12 bits per heavy atom. The molecule has 1 fully saturated rings. The van der Waals surface area contributed by atoms with Crippen LogP contribution in [0.1, 0.15) is 11.1 Å². The molecule has 1 aliphatic heterocycles. The molecule has 2 heterocycles. The highest BCUT2D eigenvalue weighted by Crippen LogP contribution is 2.34. The molecule has 0 radical (unpaired) electrons. The van der Waals surface area contributed by atoms with Gasteiger partial charge in [0, 0.05) is 24.7 Å². The molecule has 2 amide bonds. The molecule has 1 aliphatic rings. The van der Waals surface area contributed by atoms with Gasteiger partial charge in [-0.15, -0.1) is 0 Å². The van der Waals surface area contributed by atoms with E-state index in [1.54, 1.807) is 24.3 Å². The summed E-state index contributed by atoms with van der Waals surface area (Å²) in [7, 11) is 0. The number of anilines is 1. The second kappa shape index (κ2) is 9.45. The lowest BCUT2D eigenvalue weighted by Crippen LogP contribution is -2.58. The molecular weight excluding hydrogens is 437 g/mol. The van der Waals surface area contributed by atoms with E-state index >= 15 is 0 Å². The van der Waals surface area contributed by atoms with Gasteiger partial charge in [0.15, 0.2) is 0 Å². The molecule has 10 heteroatoms. The molecular formula is C23H21F3N4O3. The molecule has 172 valence electrons. The van der Waals surface area contributed by atoms with Crippen LogP contribution in [0.25, 0.3) is 10.8 Å². The summed E-state index contributed by atoms with van der Waals surface area (Å²) in [6.07, 6.45) is -4.09. The molecule has 0 spiro atoms. The summed E-state index contributed by atoms with van der Waals surface area (Å²) in [6.45, 7) is 0.687. The Bertz CT molecular complexity index is 1150. The van der Waals surface area contributed by atoms with Crippen LogP contribution in [0.2, 0.25) is 0 Å². The number of rotatable bonds is 6. The fourth-order valence-electron chi connectivity index (χ4n) is 3.38.